The summed E-state index contributed by atoms with van der Waals surface area (Å²) in [6.07, 6.45) is 7.98. The Kier molecular flexibility index (Phi) is 11.2. The van der Waals surface area contributed by atoms with Gasteiger partial charge in [0, 0.05) is 95.8 Å². The highest BCUT2D eigenvalue weighted by atomic mass is 32.2. The first kappa shape index (κ1) is 44.5. The summed E-state index contributed by atoms with van der Waals surface area (Å²) in [5, 5.41) is 26.5. The normalized spacial score (nSPS) is 35.6. The van der Waals surface area contributed by atoms with E-state index in [1.165, 1.54) is 21.1 Å². The molecule has 2 bridgehead atoms. The predicted octanol–water partition coefficient (Wildman–Crippen LogP) is 5.35. The van der Waals surface area contributed by atoms with Crippen LogP contribution in [0.2, 0.25) is 0 Å². The molecule has 14 heteroatoms. The minimum Gasteiger partial charge on any atom is -0.496 e. The maximum Gasteiger partial charge on any atom is 0.344 e. The zero-order valence-electron chi connectivity index (χ0n) is 36.6. The number of rotatable bonds is 8. The van der Waals surface area contributed by atoms with E-state index < -0.39 is 57.5 Å². The molecule has 1 spiro atoms. The lowest BCUT2D eigenvalue weighted by Crippen LogP contribution is -2.81. The van der Waals surface area contributed by atoms with Crippen LogP contribution in [0.5, 0.6) is 5.75 Å². The van der Waals surface area contributed by atoms with Crippen molar-refractivity contribution < 1.29 is 43.5 Å². The number of hydrogen-bond donors (Lipinski definition) is 3. The number of aromatic amines is 1. The second-order valence-electron chi connectivity index (χ2n) is 18.6. The van der Waals surface area contributed by atoms with Crippen LogP contribution in [0.3, 0.4) is 0 Å². The van der Waals surface area contributed by atoms with E-state index in [-0.39, 0.29) is 19.4 Å². The van der Waals surface area contributed by atoms with Gasteiger partial charge in [0.05, 0.1) is 33.0 Å². The van der Waals surface area contributed by atoms with Gasteiger partial charge in [-0.25, -0.2) is 4.79 Å². The quantitative estimate of drug-likeness (QED) is 0.116. The van der Waals surface area contributed by atoms with Crippen molar-refractivity contribution in [3.05, 3.63) is 64.9 Å². The van der Waals surface area contributed by atoms with Gasteiger partial charge in [0.2, 0.25) is 5.60 Å². The number of nitrogens with zero attached hydrogens (tertiary/aromatic N) is 3. The number of likely N-dealkylation sites (N-methyl/N-ethyl adjacent to an activating group) is 1. The van der Waals surface area contributed by atoms with E-state index >= 15 is 4.79 Å². The van der Waals surface area contributed by atoms with Gasteiger partial charge >= 0.3 is 17.9 Å². The number of anilines is 1. The highest BCUT2D eigenvalue weighted by molar-refractivity contribution is 7.98. The van der Waals surface area contributed by atoms with Crippen molar-refractivity contribution in [2.24, 2.45) is 11.3 Å². The Morgan fingerprint density at radius 2 is 1.73 bits per heavy atom. The molecule has 3 fully saturated rings. The molecule has 9 rings (SSSR count). The number of thioether (sulfide) groups is 1. The highest BCUT2D eigenvalue weighted by Crippen LogP contribution is 2.68. The lowest BCUT2D eigenvalue weighted by atomic mass is 9.47. The fraction of sp³-hybridized carbons (Fsp3) is 0.604. The first-order chi connectivity index (χ1) is 29.2. The van der Waals surface area contributed by atoms with Gasteiger partial charge in [-0.15, -0.1) is 11.8 Å². The third-order valence-corrected chi connectivity index (χ3v) is 16.6. The molecule has 0 radical (unpaired) electrons. The van der Waals surface area contributed by atoms with Crippen LogP contribution < -0.4 is 9.64 Å². The summed E-state index contributed by atoms with van der Waals surface area (Å²) in [5.41, 5.74) is -1.65. The molecule has 1 aliphatic carbocycles. The zero-order valence-corrected chi connectivity index (χ0v) is 37.4. The summed E-state index contributed by atoms with van der Waals surface area (Å²) in [5.74, 6) is -1.57. The molecule has 3 N–H and O–H groups in total. The number of carbonyl (C=O) groups excluding carboxylic acids is 3. The minimum atomic E-state index is -2.31. The van der Waals surface area contributed by atoms with Gasteiger partial charge in [-0.05, 0) is 92.6 Å². The van der Waals surface area contributed by atoms with Gasteiger partial charge in [0.25, 0.3) is 0 Å². The van der Waals surface area contributed by atoms with Crippen LogP contribution in [-0.4, -0.2) is 140 Å². The number of nitrogens with one attached hydrogen (secondary N) is 1. The van der Waals surface area contributed by atoms with Crippen molar-refractivity contribution in [2.45, 2.75) is 112 Å². The summed E-state index contributed by atoms with van der Waals surface area (Å²) in [4.78, 5) is 54.5. The number of hydrogen-bond acceptors (Lipinski definition) is 13. The maximum atomic E-state index is 15.4. The monoisotopic (exact) mass is 872 g/mol. The molecule has 2 aromatic carbocycles. The molecule has 0 amide bonds. The molecule has 3 aromatic rings. The summed E-state index contributed by atoms with van der Waals surface area (Å²) in [6, 6.07) is 9.19. The fourth-order valence-corrected chi connectivity index (χ4v) is 14.1. The lowest BCUT2D eigenvalue weighted by Gasteiger charge is -2.63. The van der Waals surface area contributed by atoms with E-state index in [9.17, 15) is 19.8 Å². The smallest absolute Gasteiger partial charge is 0.344 e. The van der Waals surface area contributed by atoms with E-state index in [1.807, 2.05) is 31.9 Å². The number of methoxy groups -OCH3 is 3. The Hall–Kier alpha value is -4.08. The van der Waals surface area contributed by atoms with Crippen molar-refractivity contribution >= 4 is 46.3 Å². The molecule has 1 saturated carbocycles. The molecule has 2 saturated heterocycles. The second-order valence-corrected chi connectivity index (χ2v) is 19.4. The molecule has 6 heterocycles. The third-order valence-electron chi connectivity index (χ3n) is 15.9. The molecular formula is C48H64N4O9S. The number of H-pyrrole nitrogens is 1. The molecule has 13 nitrogen and oxygen atoms in total. The summed E-state index contributed by atoms with van der Waals surface area (Å²) < 4.78 is 24.0. The Morgan fingerprint density at radius 3 is 2.39 bits per heavy atom. The van der Waals surface area contributed by atoms with Crippen molar-refractivity contribution in [3.63, 3.8) is 0 Å². The second kappa shape index (κ2) is 15.6. The van der Waals surface area contributed by atoms with Crippen LogP contribution in [-0.2, 0) is 45.8 Å². The van der Waals surface area contributed by atoms with Gasteiger partial charge in [-0.3, -0.25) is 19.4 Å². The fourth-order valence-electron chi connectivity index (χ4n) is 13.7. The average Bonchev–Trinajstić information content (AvgIpc) is 3.92. The van der Waals surface area contributed by atoms with Crippen LogP contribution in [0.25, 0.3) is 10.9 Å². The van der Waals surface area contributed by atoms with E-state index in [0.29, 0.717) is 82.6 Å². The molecular weight excluding hydrogens is 809 g/mol. The SMILES string of the molecule is C.CC[C@]1(O)C[C@H]2CN(CCc3c([nH]c4ccc(SC)cc34)[C@@](C(=O)OC)(c3cc4c(cc3OC)N(C)[C@H]3[C@@](O)(C(=O)OC)[C@H](OC(C)=O)[C@]5(CC)C=CCN6CC[C@]43[C@@H]65)C2)C1. The van der Waals surface area contributed by atoms with Gasteiger partial charge in [0.1, 0.15) is 11.2 Å². The van der Waals surface area contributed by atoms with Crippen LogP contribution in [0, 0.1) is 11.3 Å². The largest absolute Gasteiger partial charge is 0.496 e. The van der Waals surface area contributed by atoms with Crippen molar-refractivity contribution in [1.29, 1.82) is 0 Å². The first-order valence-electron chi connectivity index (χ1n) is 21.7. The molecule has 10 atom stereocenters. The summed E-state index contributed by atoms with van der Waals surface area (Å²) in [6.45, 7) is 8.62. The number of carbonyl (C=O) groups is 3. The number of benzene rings is 2. The third kappa shape index (κ3) is 5.84. The molecule has 1 unspecified atom stereocenters. The van der Waals surface area contributed by atoms with E-state index in [2.05, 4.69) is 57.5 Å². The topological polar surface area (TPSA) is 154 Å². The Bertz CT molecular complexity index is 2330. The maximum absolute atomic E-state index is 15.4. The molecule has 5 aliphatic heterocycles. The van der Waals surface area contributed by atoms with Gasteiger partial charge < -0.3 is 39.0 Å². The van der Waals surface area contributed by atoms with Crippen LogP contribution >= 0.6 is 11.8 Å². The Labute approximate surface area is 369 Å². The van der Waals surface area contributed by atoms with E-state index in [4.69, 9.17) is 18.9 Å². The number of ether oxygens (including phenoxy) is 4. The standard InChI is InChI=1S/C47H60N4O9S.CH4/c1-9-43(55)23-28-24-46(41(53)58-6,37-30(14-18-50(25-28)26-43)31-20-29(61-8)12-13-34(31)48-37)33-21-32-35(22-36(33)57-5)49(4)39-45(32)16-19-51-17-11-15-44(10-2,38(45)51)40(60-27(3)52)47(39,56)42(54)59-7;/h11-13,15,20-22,28,38-40,48,55-56H,9-10,14,16-19,23-26H2,1-8H3;1H4/t28-,38+,39-,40-,43+,44-,45-,46+,47+;/m1./s1. The van der Waals surface area contributed by atoms with Gasteiger partial charge in [-0.2, -0.15) is 0 Å². The van der Waals surface area contributed by atoms with E-state index in [1.54, 1.807) is 18.9 Å². The number of fused-ring (bicyclic) bond motifs is 6. The minimum absolute atomic E-state index is 0. The van der Waals surface area contributed by atoms with E-state index in [0.717, 1.165) is 38.3 Å². The van der Waals surface area contributed by atoms with Crippen molar-refractivity contribution in [1.82, 2.24) is 14.8 Å². The Morgan fingerprint density at radius 1 is 0.968 bits per heavy atom. The lowest BCUT2D eigenvalue weighted by molar-refractivity contribution is -0.228. The number of aliphatic hydroxyl groups is 2. The van der Waals surface area contributed by atoms with Crippen molar-refractivity contribution in [2.75, 3.05) is 72.3 Å². The first-order valence-corrected chi connectivity index (χ1v) is 23.0. The number of aromatic nitrogens is 1. The van der Waals surface area contributed by atoms with Crippen molar-refractivity contribution in [3.8, 4) is 5.75 Å². The van der Waals surface area contributed by atoms with Crippen LogP contribution in [0.4, 0.5) is 5.69 Å². The molecule has 62 heavy (non-hydrogen) atoms. The average molecular weight is 873 g/mol. The highest BCUT2D eigenvalue weighted by Gasteiger charge is 2.80. The van der Waals surface area contributed by atoms with Crippen LogP contribution in [0.15, 0.2) is 47.4 Å². The zero-order chi connectivity index (χ0) is 43.4. The molecule has 1 aromatic heterocycles. The summed E-state index contributed by atoms with van der Waals surface area (Å²) >= 11 is 1.67. The molecule has 336 valence electrons. The number of piperidine rings is 1. The summed E-state index contributed by atoms with van der Waals surface area (Å²) in [7, 11) is 6.17. The predicted molar refractivity (Wildman–Crippen MR) is 239 cm³/mol. The molecule has 6 aliphatic rings. The number of esters is 3. The van der Waals surface area contributed by atoms with Crippen LogP contribution in [0.1, 0.15) is 82.7 Å². The Balaban J connectivity index is 0.00000529. The van der Waals surface area contributed by atoms with Gasteiger partial charge in [0.15, 0.2) is 6.10 Å². The van der Waals surface area contributed by atoms with Gasteiger partial charge in [-0.1, -0.05) is 33.4 Å².